The van der Waals surface area contributed by atoms with Crippen molar-refractivity contribution < 1.29 is 5.21 Å². The third-order valence-electron chi connectivity index (χ3n) is 3.13. The highest BCUT2D eigenvalue weighted by Crippen LogP contribution is 2.33. The fraction of sp³-hybridized carbons (Fsp3) is 0. The zero-order valence-corrected chi connectivity index (χ0v) is 13.1. The van der Waals surface area contributed by atoms with Crippen LogP contribution in [0.5, 0.6) is 0 Å². The summed E-state index contributed by atoms with van der Waals surface area (Å²) in [5, 5.41) is 20.9. The quantitative estimate of drug-likeness (QED) is 0.481. The average Bonchev–Trinajstić information content (AvgIpc) is 2.72. The van der Waals surface area contributed by atoms with Crippen LogP contribution >= 0.6 is 34.2 Å². The summed E-state index contributed by atoms with van der Waals surface area (Å²) in [5.41, 5.74) is 2.27. The summed E-state index contributed by atoms with van der Waals surface area (Å²) in [6, 6.07) is 14.9. The van der Waals surface area contributed by atoms with Crippen molar-refractivity contribution >= 4 is 45.1 Å². The molecule has 1 heterocycles. The number of aromatic nitrogens is 1. The summed E-state index contributed by atoms with van der Waals surface area (Å²) in [7, 11) is 0. The Morgan fingerprint density at radius 2 is 1.85 bits per heavy atom. The van der Waals surface area contributed by atoms with E-state index >= 15 is 0 Å². The Bertz CT molecular complexity index is 847. The molecule has 0 atom stereocenters. The molecule has 0 amide bonds. The molecule has 3 aromatic rings. The van der Waals surface area contributed by atoms with E-state index in [2.05, 4.69) is 28.7 Å². The molecule has 5 heteroatoms. The van der Waals surface area contributed by atoms with Crippen LogP contribution in [0.1, 0.15) is 5.56 Å². The van der Waals surface area contributed by atoms with Crippen LogP contribution in [0.3, 0.4) is 0 Å². The number of benzene rings is 2. The summed E-state index contributed by atoms with van der Waals surface area (Å²) in [5.74, 6) is 0. The molecule has 3 rings (SSSR count). The maximum Gasteiger partial charge on any atom is 0.106 e. The van der Waals surface area contributed by atoms with E-state index in [1.54, 1.807) is 18.2 Å². The minimum atomic E-state index is 0.422. The van der Waals surface area contributed by atoms with E-state index in [1.807, 2.05) is 24.3 Å². The second-order valence-electron chi connectivity index (χ2n) is 4.32. The lowest BCUT2D eigenvalue weighted by Gasteiger charge is -2.03. The first kappa shape index (κ1) is 13.3. The second kappa shape index (κ2) is 5.00. The van der Waals surface area contributed by atoms with E-state index in [0.717, 1.165) is 13.9 Å². The van der Waals surface area contributed by atoms with Gasteiger partial charge in [-0.2, -0.15) is 9.99 Å². The number of rotatable bonds is 1. The van der Waals surface area contributed by atoms with Gasteiger partial charge in [0.05, 0.1) is 11.1 Å². The zero-order chi connectivity index (χ0) is 14.3. The van der Waals surface area contributed by atoms with E-state index in [9.17, 15) is 10.5 Å². The minimum Gasteiger partial charge on any atom is -0.428 e. The van der Waals surface area contributed by atoms with E-state index in [4.69, 9.17) is 11.6 Å². The van der Waals surface area contributed by atoms with Crippen LogP contribution in [0, 0.1) is 14.9 Å². The molecule has 0 fully saturated rings. The fourth-order valence-electron chi connectivity index (χ4n) is 2.23. The molecule has 0 aliphatic heterocycles. The molecule has 0 aliphatic rings. The van der Waals surface area contributed by atoms with Crippen molar-refractivity contribution in [1.29, 1.82) is 5.26 Å². The number of halogens is 2. The average molecular weight is 395 g/mol. The van der Waals surface area contributed by atoms with Crippen molar-refractivity contribution in [2.75, 3.05) is 0 Å². The minimum absolute atomic E-state index is 0.422. The third kappa shape index (κ3) is 2.03. The molecule has 0 saturated heterocycles. The Hall–Kier alpha value is -1.71. The molecule has 0 spiro atoms. The van der Waals surface area contributed by atoms with Crippen molar-refractivity contribution in [3.8, 4) is 17.3 Å². The van der Waals surface area contributed by atoms with Crippen LogP contribution in [-0.4, -0.2) is 9.94 Å². The van der Waals surface area contributed by atoms with E-state index < -0.39 is 0 Å². The van der Waals surface area contributed by atoms with Gasteiger partial charge in [-0.1, -0.05) is 23.7 Å². The Balaban J connectivity index is 2.38. The van der Waals surface area contributed by atoms with Gasteiger partial charge in [-0.25, -0.2) is 0 Å². The lowest BCUT2D eigenvalue weighted by atomic mass is 10.1. The molecule has 20 heavy (non-hydrogen) atoms. The van der Waals surface area contributed by atoms with Crippen molar-refractivity contribution in [3.05, 3.63) is 56.6 Å². The first-order chi connectivity index (χ1) is 9.61. The number of hydrogen-bond acceptors (Lipinski definition) is 2. The Kier molecular flexibility index (Phi) is 3.32. The maximum absolute atomic E-state index is 10.3. The molecular weight excluding hydrogens is 387 g/mol. The normalized spacial score (nSPS) is 10.7. The largest absolute Gasteiger partial charge is 0.428 e. The number of nitrogens with zero attached hydrogens (tertiary/aromatic N) is 2. The van der Waals surface area contributed by atoms with Gasteiger partial charge in [0.2, 0.25) is 0 Å². The molecule has 98 valence electrons. The Morgan fingerprint density at radius 1 is 1.15 bits per heavy atom. The zero-order valence-electron chi connectivity index (χ0n) is 10.1. The van der Waals surface area contributed by atoms with Crippen LogP contribution < -0.4 is 0 Å². The van der Waals surface area contributed by atoms with Crippen LogP contribution in [0.25, 0.3) is 22.2 Å². The van der Waals surface area contributed by atoms with Gasteiger partial charge in [-0.05, 0) is 52.9 Å². The third-order valence-corrected chi connectivity index (χ3v) is 4.09. The highest BCUT2D eigenvalue weighted by atomic mass is 127. The van der Waals surface area contributed by atoms with Gasteiger partial charge in [0.25, 0.3) is 0 Å². The van der Waals surface area contributed by atoms with Gasteiger partial charge in [0.15, 0.2) is 0 Å². The van der Waals surface area contributed by atoms with Gasteiger partial charge in [0, 0.05) is 19.5 Å². The number of hydrogen-bond donors (Lipinski definition) is 1. The fourth-order valence-corrected chi connectivity index (χ4v) is 2.77. The summed E-state index contributed by atoms with van der Waals surface area (Å²) in [6.45, 7) is 0. The lowest BCUT2D eigenvalue weighted by molar-refractivity contribution is 0.204. The van der Waals surface area contributed by atoms with Crippen molar-refractivity contribution in [1.82, 2.24) is 4.73 Å². The molecular formula is C15H8ClIN2O. The van der Waals surface area contributed by atoms with Crippen molar-refractivity contribution in [2.24, 2.45) is 0 Å². The Morgan fingerprint density at radius 3 is 2.50 bits per heavy atom. The van der Waals surface area contributed by atoms with Crippen molar-refractivity contribution in [2.45, 2.75) is 0 Å². The molecule has 0 bridgehead atoms. The Labute approximate surface area is 134 Å². The SMILES string of the molecule is N#Cc1c(-c2ccc(I)cc2)n(O)c2ccc(Cl)cc12. The highest BCUT2D eigenvalue weighted by molar-refractivity contribution is 14.1. The summed E-state index contributed by atoms with van der Waals surface area (Å²) >= 11 is 8.18. The van der Waals surface area contributed by atoms with Crippen LogP contribution in [0.2, 0.25) is 5.02 Å². The topological polar surface area (TPSA) is 49.0 Å². The van der Waals surface area contributed by atoms with E-state index in [-0.39, 0.29) is 0 Å². The van der Waals surface area contributed by atoms with Gasteiger partial charge in [0.1, 0.15) is 11.8 Å². The summed E-state index contributed by atoms with van der Waals surface area (Å²) < 4.78 is 2.14. The second-order valence-corrected chi connectivity index (χ2v) is 6.00. The first-order valence-corrected chi connectivity index (χ1v) is 7.26. The summed E-state index contributed by atoms with van der Waals surface area (Å²) in [4.78, 5) is 0. The van der Waals surface area contributed by atoms with Gasteiger partial charge < -0.3 is 5.21 Å². The molecule has 0 saturated carbocycles. The standard InChI is InChI=1S/C15H8ClIN2O/c16-10-3-6-14-12(7-10)13(8-18)15(19(14)20)9-1-4-11(17)5-2-9/h1-7,20H. The molecule has 3 nitrogen and oxygen atoms in total. The smallest absolute Gasteiger partial charge is 0.106 e. The molecule has 0 unspecified atom stereocenters. The maximum atomic E-state index is 10.3. The number of fused-ring (bicyclic) bond motifs is 1. The van der Waals surface area contributed by atoms with Crippen LogP contribution in [0.4, 0.5) is 0 Å². The number of nitriles is 1. The molecule has 1 aromatic heterocycles. The lowest BCUT2D eigenvalue weighted by Crippen LogP contribution is -1.94. The molecule has 0 radical (unpaired) electrons. The predicted molar refractivity (Wildman–Crippen MR) is 87.0 cm³/mol. The summed E-state index contributed by atoms with van der Waals surface area (Å²) in [6.07, 6.45) is 0. The van der Waals surface area contributed by atoms with Crippen LogP contribution in [0.15, 0.2) is 42.5 Å². The van der Waals surface area contributed by atoms with Gasteiger partial charge in [-0.15, -0.1) is 0 Å². The van der Waals surface area contributed by atoms with E-state index in [1.165, 1.54) is 0 Å². The monoisotopic (exact) mass is 394 g/mol. The van der Waals surface area contributed by atoms with Gasteiger partial charge in [-0.3, -0.25) is 0 Å². The molecule has 2 aromatic carbocycles. The van der Waals surface area contributed by atoms with E-state index in [0.29, 0.717) is 27.2 Å². The predicted octanol–water partition coefficient (Wildman–Crippen LogP) is 4.68. The first-order valence-electron chi connectivity index (χ1n) is 5.81. The highest BCUT2D eigenvalue weighted by Gasteiger charge is 2.18. The molecule has 1 N–H and O–H groups in total. The van der Waals surface area contributed by atoms with Gasteiger partial charge >= 0.3 is 0 Å². The van der Waals surface area contributed by atoms with Crippen molar-refractivity contribution in [3.63, 3.8) is 0 Å². The van der Waals surface area contributed by atoms with Crippen LogP contribution in [-0.2, 0) is 0 Å². The molecule has 0 aliphatic carbocycles.